The lowest BCUT2D eigenvalue weighted by molar-refractivity contribution is 0.0793. The number of carbonyl (C=O) groups excluding carboxylic acids is 1. The van der Waals surface area contributed by atoms with E-state index >= 15 is 0 Å². The van der Waals surface area contributed by atoms with Gasteiger partial charge in [-0.25, -0.2) is 14.4 Å². The molecule has 0 aliphatic carbocycles. The lowest BCUT2D eigenvalue weighted by Gasteiger charge is -2.20. The molecule has 0 spiro atoms. The summed E-state index contributed by atoms with van der Waals surface area (Å²) in [6.07, 6.45) is 3.60. The molecule has 7 heteroatoms. The van der Waals surface area contributed by atoms with Gasteiger partial charge in [0.2, 0.25) is 0 Å². The van der Waals surface area contributed by atoms with Gasteiger partial charge in [-0.1, -0.05) is 6.07 Å². The Morgan fingerprint density at radius 2 is 1.89 bits per heavy atom. The number of nitrogens with zero attached hydrogens (tertiary/aromatic N) is 3. The summed E-state index contributed by atoms with van der Waals surface area (Å²) in [5.41, 5.74) is 4.03. The Kier molecular flexibility index (Phi) is 5.79. The van der Waals surface area contributed by atoms with Crippen LogP contribution in [0.1, 0.15) is 34.5 Å². The Morgan fingerprint density at radius 3 is 2.64 bits per heavy atom. The molecule has 1 saturated heterocycles. The maximum atomic E-state index is 13.8. The van der Waals surface area contributed by atoms with Gasteiger partial charge in [0.15, 0.2) is 5.65 Å². The molecule has 5 nitrogen and oxygen atoms in total. The van der Waals surface area contributed by atoms with Crippen molar-refractivity contribution >= 4 is 40.7 Å². The second kappa shape index (κ2) is 8.10. The zero-order valence-corrected chi connectivity index (χ0v) is 16.6. The molecule has 0 radical (unpaired) electrons. The lowest BCUT2D eigenvalue weighted by atomic mass is 10.1. The minimum absolute atomic E-state index is 0. The molecule has 0 saturated carbocycles. The fourth-order valence-electron chi connectivity index (χ4n) is 3.42. The van der Waals surface area contributed by atoms with Gasteiger partial charge in [-0.3, -0.25) is 4.79 Å². The Labute approximate surface area is 169 Å². The van der Waals surface area contributed by atoms with E-state index in [0.717, 1.165) is 42.6 Å². The standard InChI is InChI=1S/C21H21FN4O.ClH/c1-13-5-7-15(22)11-18(13)25-19-16-8-6-14(2)24-20(16)23-12-17(19)21(27)26-9-3-4-10-26;/h5-8,11-12H,3-4,9-10H2,1-2H3,(H,23,24,25);1H. The molecule has 2 aromatic heterocycles. The number of likely N-dealkylation sites (tertiary alicyclic amines) is 1. The third-order valence-electron chi connectivity index (χ3n) is 4.95. The third kappa shape index (κ3) is 3.78. The minimum Gasteiger partial charge on any atom is -0.354 e. The van der Waals surface area contributed by atoms with E-state index in [0.29, 0.717) is 22.6 Å². The van der Waals surface area contributed by atoms with E-state index in [2.05, 4.69) is 15.3 Å². The number of hydrogen-bond acceptors (Lipinski definition) is 4. The largest absolute Gasteiger partial charge is 0.354 e. The number of anilines is 2. The van der Waals surface area contributed by atoms with Gasteiger partial charge in [-0.05, 0) is 56.5 Å². The van der Waals surface area contributed by atoms with Crippen LogP contribution >= 0.6 is 12.4 Å². The molecule has 1 amide bonds. The Balaban J connectivity index is 0.00000225. The molecule has 3 heterocycles. The zero-order chi connectivity index (χ0) is 19.0. The van der Waals surface area contributed by atoms with Crippen molar-refractivity contribution in [2.75, 3.05) is 18.4 Å². The molecular formula is C21H22ClFN4O. The van der Waals surface area contributed by atoms with Crippen LogP contribution in [0, 0.1) is 19.7 Å². The number of pyridine rings is 2. The van der Waals surface area contributed by atoms with Gasteiger partial charge in [0.25, 0.3) is 5.91 Å². The summed E-state index contributed by atoms with van der Waals surface area (Å²) in [7, 11) is 0. The fourth-order valence-corrected chi connectivity index (χ4v) is 3.42. The highest BCUT2D eigenvalue weighted by Gasteiger charge is 2.24. The van der Waals surface area contributed by atoms with Crippen molar-refractivity contribution in [2.45, 2.75) is 26.7 Å². The first-order valence-corrected chi connectivity index (χ1v) is 9.12. The number of benzene rings is 1. The van der Waals surface area contributed by atoms with Crippen LogP contribution in [0.2, 0.25) is 0 Å². The van der Waals surface area contributed by atoms with Crippen LogP contribution in [-0.4, -0.2) is 33.9 Å². The molecule has 28 heavy (non-hydrogen) atoms. The van der Waals surface area contributed by atoms with Gasteiger partial charge in [0, 0.05) is 36.1 Å². The number of amides is 1. The van der Waals surface area contributed by atoms with Crippen molar-refractivity contribution in [1.29, 1.82) is 0 Å². The summed E-state index contributed by atoms with van der Waals surface area (Å²) < 4.78 is 13.8. The number of aryl methyl sites for hydroxylation is 2. The molecule has 0 unspecified atom stereocenters. The Hall–Kier alpha value is -2.73. The van der Waals surface area contributed by atoms with E-state index in [9.17, 15) is 9.18 Å². The summed E-state index contributed by atoms with van der Waals surface area (Å²) in [5, 5.41) is 4.03. The van der Waals surface area contributed by atoms with Crippen LogP contribution in [-0.2, 0) is 0 Å². The topological polar surface area (TPSA) is 58.1 Å². The van der Waals surface area contributed by atoms with Crippen molar-refractivity contribution in [3.63, 3.8) is 0 Å². The molecule has 1 aliphatic heterocycles. The highest BCUT2D eigenvalue weighted by molar-refractivity contribution is 6.07. The molecule has 1 fully saturated rings. The van der Waals surface area contributed by atoms with E-state index in [4.69, 9.17) is 0 Å². The van der Waals surface area contributed by atoms with Gasteiger partial charge in [-0.2, -0.15) is 0 Å². The summed E-state index contributed by atoms with van der Waals surface area (Å²) in [6.45, 7) is 5.30. The third-order valence-corrected chi connectivity index (χ3v) is 4.95. The molecule has 146 valence electrons. The van der Waals surface area contributed by atoms with Crippen molar-refractivity contribution < 1.29 is 9.18 Å². The maximum absolute atomic E-state index is 13.8. The normalized spacial score (nSPS) is 13.5. The van der Waals surface area contributed by atoms with Gasteiger partial charge in [0.1, 0.15) is 5.82 Å². The number of halogens is 2. The number of nitrogens with one attached hydrogen (secondary N) is 1. The number of hydrogen-bond donors (Lipinski definition) is 1. The van der Waals surface area contributed by atoms with Crippen LogP contribution in [0.5, 0.6) is 0 Å². The van der Waals surface area contributed by atoms with Crippen LogP contribution < -0.4 is 5.32 Å². The molecular weight excluding hydrogens is 379 g/mol. The van der Waals surface area contributed by atoms with E-state index in [-0.39, 0.29) is 24.1 Å². The number of carbonyl (C=O) groups is 1. The SMILES string of the molecule is Cc1ccc2c(Nc3cc(F)ccc3C)c(C(=O)N3CCCC3)cnc2n1.Cl. The molecule has 0 atom stereocenters. The van der Waals surface area contributed by atoms with Crippen molar-refractivity contribution in [3.05, 3.63) is 59.2 Å². The van der Waals surface area contributed by atoms with Gasteiger partial charge >= 0.3 is 0 Å². The average molecular weight is 401 g/mol. The summed E-state index contributed by atoms with van der Waals surface area (Å²) in [5.74, 6) is -0.387. The average Bonchev–Trinajstić information content (AvgIpc) is 3.19. The Bertz CT molecular complexity index is 1030. The monoisotopic (exact) mass is 400 g/mol. The minimum atomic E-state index is -0.331. The predicted octanol–water partition coefficient (Wildman–Crippen LogP) is 4.79. The first-order valence-electron chi connectivity index (χ1n) is 9.12. The van der Waals surface area contributed by atoms with Gasteiger partial charge < -0.3 is 10.2 Å². The predicted molar refractivity (Wildman–Crippen MR) is 111 cm³/mol. The number of rotatable bonds is 3. The molecule has 4 rings (SSSR count). The molecule has 1 aliphatic rings. The van der Waals surface area contributed by atoms with Crippen LogP contribution in [0.3, 0.4) is 0 Å². The van der Waals surface area contributed by atoms with Gasteiger partial charge in [0.05, 0.1) is 11.3 Å². The summed E-state index contributed by atoms with van der Waals surface area (Å²) in [4.78, 5) is 23.8. The summed E-state index contributed by atoms with van der Waals surface area (Å²) in [6, 6.07) is 8.37. The highest BCUT2D eigenvalue weighted by atomic mass is 35.5. The molecule has 0 bridgehead atoms. The van der Waals surface area contributed by atoms with Gasteiger partial charge in [-0.15, -0.1) is 12.4 Å². The molecule has 3 aromatic rings. The first-order chi connectivity index (χ1) is 13.0. The van der Waals surface area contributed by atoms with E-state index in [1.807, 2.05) is 30.9 Å². The zero-order valence-electron chi connectivity index (χ0n) is 15.8. The van der Waals surface area contributed by atoms with E-state index in [1.54, 1.807) is 12.3 Å². The second-order valence-corrected chi connectivity index (χ2v) is 6.95. The fraction of sp³-hybridized carbons (Fsp3) is 0.286. The maximum Gasteiger partial charge on any atom is 0.257 e. The van der Waals surface area contributed by atoms with Crippen molar-refractivity contribution in [1.82, 2.24) is 14.9 Å². The smallest absolute Gasteiger partial charge is 0.257 e. The Morgan fingerprint density at radius 1 is 1.14 bits per heavy atom. The van der Waals surface area contributed by atoms with E-state index in [1.165, 1.54) is 12.1 Å². The van der Waals surface area contributed by atoms with E-state index < -0.39 is 0 Å². The number of aromatic nitrogens is 2. The van der Waals surface area contributed by atoms with Crippen LogP contribution in [0.4, 0.5) is 15.8 Å². The van der Waals surface area contributed by atoms with Crippen molar-refractivity contribution in [2.24, 2.45) is 0 Å². The van der Waals surface area contributed by atoms with Crippen LogP contribution in [0.15, 0.2) is 36.5 Å². The second-order valence-electron chi connectivity index (χ2n) is 6.95. The molecule has 1 aromatic carbocycles. The first kappa shape index (κ1) is 20.0. The highest BCUT2D eigenvalue weighted by Crippen LogP contribution is 2.31. The van der Waals surface area contributed by atoms with Crippen molar-refractivity contribution in [3.8, 4) is 0 Å². The van der Waals surface area contributed by atoms with Crippen LogP contribution in [0.25, 0.3) is 11.0 Å². The summed E-state index contributed by atoms with van der Waals surface area (Å²) >= 11 is 0. The quantitative estimate of drug-likeness (QED) is 0.686. The molecule has 1 N–H and O–H groups in total. The lowest BCUT2D eigenvalue weighted by Crippen LogP contribution is -2.28. The number of fused-ring (bicyclic) bond motifs is 1.